The van der Waals surface area contributed by atoms with Gasteiger partial charge >= 0.3 is 0 Å². The zero-order valence-electron chi connectivity index (χ0n) is 14.4. The van der Waals surface area contributed by atoms with Gasteiger partial charge in [0.1, 0.15) is 0 Å². The van der Waals surface area contributed by atoms with Crippen molar-refractivity contribution >= 4 is 5.69 Å². The molecule has 0 amide bonds. The van der Waals surface area contributed by atoms with E-state index in [0.29, 0.717) is 5.54 Å². The van der Waals surface area contributed by atoms with Crippen LogP contribution in [0.4, 0.5) is 5.69 Å². The average Bonchev–Trinajstić information content (AvgIpc) is 2.36. The summed E-state index contributed by atoms with van der Waals surface area (Å²) in [6.45, 7) is 12.8. The van der Waals surface area contributed by atoms with E-state index in [1.54, 1.807) is 0 Å². The molecule has 1 spiro atoms. The Morgan fingerprint density at radius 3 is 2.38 bits per heavy atom. The van der Waals surface area contributed by atoms with Crippen LogP contribution < -0.4 is 4.90 Å². The summed E-state index contributed by atoms with van der Waals surface area (Å²) in [7, 11) is 2.31. The maximum absolute atomic E-state index is 2.60. The number of likely N-dealkylation sites (N-methyl/N-ethyl adjacent to an activating group) is 1. The maximum atomic E-state index is 2.60. The van der Waals surface area contributed by atoms with E-state index < -0.39 is 0 Å². The summed E-state index contributed by atoms with van der Waals surface area (Å²) in [5, 5.41) is 0. The third kappa shape index (κ3) is 2.59. The van der Waals surface area contributed by atoms with Crippen LogP contribution in [0.1, 0.15) is 51.2 Å². The van der Waals surface area contributed by atoms with Crippen LogP contribution in [-0.2, 0) is 5.41 Å². The van der Waals surface area contributed by atoms with Crippen molar-refractivity contribution in [2.45, 2.75) is 57.9 Å². The van der Waals surface area contributed by atoms with Crippen molar-refractivity contribution < 1.29 is 0 Å². The lowest BCUT2D eigenvalue weighted by Gasteiger charge is -2.58. The quantitative estimate of drug-likeness (QED) is 0.771. The predicted octanol–water partition coefficient (Wildman–Crippen LogP) is 3.97. The van der Waals surface area contributed by atoms with Gasteiger partial charge in [-0.15, -0.1) is 0 Å². The number of hydrogen-bond donors (Lipinski definition) is 0. The van der Waals surface area contributed by atoms with Crippen LogP contribution in [-0.4, -0.2) is 37.1 Å². The molecule has 116 valence electrons. The molecule has 3 rings (SSSR count). The van der Waals surface area contributed by atoms with Gasteiger partial charge in [-0.25, -0.2) is 0 Å². The lowest BCUT2D eigenvalue weighted by Crippen LogP contribution is -2.70. The van der Waals surface area contributed by atoms with Crippen molar-refractivity contribution in [3.05, 3.63) is 29.3 Å². The smallest absolute Gasteiger partial charge is 0.0557 e. The zero-order valence-corrected chi connectivity index (χ0v) is 14.4. The summed E-state index contributed by atoms with van der Waals surface area (Å²) in [6, 6.07) is 7.04. The lowest BCUT2D eigenvalue weighted by atomic mass is 9.79. The molecule has 0 aromatic heterocycles. The Morgan fingerprint density at radius 2 is 1.81 bits per heavy atom. The van der Waals surface area contributed by atoms with E-state index >= 15 is 0 Å². The number of aryl methyl sites for hydroxylation is 1. The zero-order chi connectivity index (χ0) is 15.3. The fourth-order valence-corrected chi connectivity index (χ4v) is 3.94. The number of benzene rings is 1. The Hall–Kier alpha value is -1.02. The number of hydrogen-bond acceptors (Lipinski definition) is 2. The van der Waals surface area contributed by atoms with Crippen LogP contribution in [0, 0.1) is 6.92 Å². The summed E-state index contributed by atoms with van der Waals surface area (Å²) >= 11 is 0. The molecule has 2 heteroatoms. The van der Waals surface area contributed by atoms with E-state index in [-0.39, 0.29) is 5.41 Å². The molecule has 2 aliphatic rings. The van der Waals surface area contributed by atoms with Crippen molar-refractivity contribution in [1.82, 2.24) is 4.90 Å². The summed E-state index contributed by atoms with van der Waals surface area (Å²) < 4.78 is 0. The highest BCUT2D eigenvalue weighted by molar-refractivity contribution is 5.58. The van der Waals surface area contributed by atoms with Crippen molar-refractivity contribution in [3.8, 4) is 0 Å². The second-order valence-corrected chi connectivity index (χ2v) is 8.21. The first-order valence-electron chi connectivity index (χ1n) is 8.39. The molecule has 0 bridgehead atoms. The van der Waals surface area contributed by atoms with Crippen LogP contribution >= 0.6 is 0 Å². The Labute approximate surface area is 130 Å². The SMILES string of the molecule is Cc1cc(C(C)(C)C)ccc1N1CC2(CCCCN2C)C1. The van der Waals surface area contributed by atoms with Gasteiger partial charge in [0.15, 0.2) is 0 Å². The lowest BCUT2D eigenvalue weighted by molar-refractivity contribution is 0.0458. The second-order valence-electron chi connectivity index (χ2n) is 8.21. The van der Waals surface area contributed by atoms with Gasteiger partial charge in [-0.3, -0.25) is 4.90 Å². The third-order valence-electron chi connectivity index (χ3n) is 5.57. The van der Waals surface area contributed by atoms with Gasteiger partial charge in [-0.05, 0) is 56.0 Å². The van der Waals surface area contributed by atoms with Crippen LogP contribution in [0.5, 0.6) is 0 Å². The first kappa shape index (κ1) is 14.9. The minimum Gasteiger partial charge on any atom is -0.367 e. The van der Waals surface area contributed by atoms with Crippen LogP contribution in [0.2, 0.25) is 0 Å². The number of rotatable bonds is 1. The molecule has 1 aromatic rings. The highest BCUT2D eigenvalue weighted by Gasteiger charge is 2.47. The highest BCUT2D eigenvalue weighted by Crippen LogP contribution is 2.39. The molecule has 0 saturated carbocycles. The van der Waals surface area contributed by atoms with Crippen molar-refractivity contribution in [3.63, 3.8) is 0 Å². The van der Waals surface area contributed by atoms with Gasteiger partial charge in [0.25, 0.3) is 0 Å². The predicted molar refractivity (Wildman–Crippen MR) is 91.3 cm³/mol. The molecular weight excluding hydrogens is 256 g/mol. The first-order chi connectivity index (χ1) is 9.82. The van der Waals surface area contributed by atoms with E-state index in [0.717, 1.165) is 0 Å². The summed E-state index contributed by atoms with van der Waals surface area (Å²) in [5.41, 5.74) is 5.01. The van der Waals surface area contributed by atoms with Gasteiger partial charge in [0.05, 0.1) is 5.54 Å². The van der Waals surface area contributed by atoms with Gasteiger partial charge in [-0.1, -0.05) is 39.3 Å². The molecule has 0 radical (unpaired) electrons. The van der Waals surface area contributed by atoms with E-state index in [4.69, 9.17) is 0 Å². The largest absolute Gasteiger partial charge is 0.367 e. The Bertz CT molecular complexity index is 521. The van der Waals surface area contributed by atoms with Crippen molar-refractivity contribution in [1.29, 1.82) is 0 Å². The minimum absolute atomic E-state index is 0.239. The molecule has 2 saturated heterocycles. The van der Waals surface area contributed by atoms with E-state index in [9.17, 15) is 0 Å². The van der Waals surface area contributed by atoms with Crippen molar-refractivity contribution in [2.75, 3.05) is 31.6 Å². The van der Waals surface area contributed by atoms with Crippen LogP contribution in [0.25, 0.3) is 0 Å². The molecule has 2 fully saturated rings. The molecule has 2 heterocycles. The van der Waals surface area contributed by atoms with Gasteiger partial charge in [0.2, 0.25) is 0 Å². The van der Waals surface area contributed by atoms with Gasteiger partial charge < -0.3 is 4.90 Å². The average molecular weight is 286 g/mol. The number of piperidine rings is 1. The van der Waals surface area contributed by atoms with E-state index in [1.165, 1.54) is 55.7 Å². The molecular formula is C19H30N2. The molecule has 0 aliphatic carbocycles. The fourth-order valence-electron chi connectivity index (χ4n) is 3.94. The monoisotopic (exact) mass is 286 g/mol. The van der Waals surface area contributed by atoms with Crippen LogP contribution in [0.15, 0.2) is 18.2 Å². The number of nitrogens with zero attached hydrogens (tertiary/aromatic N) is 2. The summed E-state index contributed by atoms with van der Waals surface area (Å²) in [5.74, 6) is 0. The second kappa shape index (κ2) is 5.01. The standard InChI is InChI=1S/C19H30N2/c1-15-12-16(18(2,3)4)8-9-17(15)21-13-19(14-21)10-6-7-11-20(19)5/h8-9,12H,6-7,10-11,13-14H2,1-5H3. The molecule has 2 aliphatic heterocycles. The summed E-state index contributed by atoms with van der Waals surface area (Å²) in [6.07, 6.45) is 4.15. The van der Waals surface area contributed by atoms with E-state index in [1.807, 2.05) is 0 Å². The van der Waals surface area contributed by atoms with Crippen LogP contribution in [0.3, 0.4) is 0 Å². The fraction of sp³-hybridized carbons (Fsp3) is 0.684. The molecule has 0 atom stereocenters. The van der Waals surface area contributed by atoms with E-state index in [2.05, 4.69) is 62.7 Å². The topological polar surface area (TPSA) is 6.48 Å². The Balaban J connectivity index is 1.75. The Morgan fingerprint density at radius 1 is 1.10 bits per heavy atom. The van der Waals surface area contributed by atoms with Gasteiger partial charge in [0, 0.05) is 18.8 Å². The number of likely N-dealkylation sites (tertiary alicyclic amines) is 1. The first-order valence-corrected chi connectivity index (χ1v) is 8.39. The third-order valence-corrected chi connectivity index (χ3v) is 5.57. The van der Waals surface area contributed by atoms with Crippen molar-refractivity contribution in [2.24, 2.45) is 0 Å². The molecule has 0 N–H and O–H groups in total. The molecule has 21 heavy (non-hydrogen) atoms. The molecule has 2 nitrogen and oxygen atoms in total. The maximum Gasteiger partial charge on any atom is 0.0557 e. The molecule has 1 aromatic carbocycles. The van der Waals surface area contributed by atoms with Gasteiger partial charge in [-0.2, -0.15) is 0 Å². The number of anilines is 1. The highest BCUT2D eigenvalue weighted by atomic mass is 15.3. The Kier molecular flexibility index (Phi) is 3.56. The normalized spacial score (nSPS) is 22.4. The summed E-state index contributed by atoms with van der Waals surface area (Å²) in [4.78, 5) is 5.18. The molecule has 0 unspecified atom stereocenters. The minimum atomic E-state index is 0.239.